The van der Waals surface area contributed by atoms with Crippen LogP contribution in [-0.2, 0) is 0 Å². The molecule has 0 aromatic heterocycles. The molecule has 1 aliphatic heterocycles. The third-order valence-electron chi connectivity index (χ3n) is 4.18. The summed E-state index contributed by atoms with van der Waals surface area (Å²) in [5, 5.41) is 14.4. The van der Waals surface area contributed by atoms with E-state index in [0.717, 1.165) is 38.3 Å². The molecule has 1 N–H and O–H groups in total. The van der Waals surface area contributed by atoms with Crippen LogP contribution in [0.15, 0.2) is 18.2 Å². The fourth-order valence-corrected chi connectivity index (χ4v) is 2.68. The lowest BCUT2D eigenvalue weighted by molar-refractivity contribution is -0.384. The van der Waals surface area contributed by atoms with Gasteiger partial charge in [-0.05, 0) is 26.5 Å². The van der Waals surface area contributed by atoms with Gasteiger partial charge in [-0.15, -0.1) is 0 Å². The lowest BCUT2D eigenvalue weighted by Crippen LogP contribution is -2.49. The molecule has 0 amide bonds. The second-order valence-electron chi connectivity index (χ2n) is 5.80. The first kappa shape index (κ1) is 15.7. The average Bonchev–Trinajstić information content (AvgIpc) is 2.46. The number of likely N-dealkylation sites (N-methyl/N-ethyl adjacent to an activating group) is 1. The van der Waals surface area contributed by atoms with E-state index in [1.165, 1.54) is 0 Å². The molecule has 1 saturated heterocycles. The molecule has 21 heavy (non-hydrogen) atoms. The van der Waals surface area contributed by atoms with Crippen LogP contribution >= 0.6 is 0 Å². The fraction of sp³-hybridized carbons (Fsp3) is 0.600. The van der Waals surface area contributed by atoms with E-state index in [1.54, 1.807) is 12.1 Å². The van der Waals surface area contributed by atoms with Crippen LogP contribution in [0.25, 0.3) is 0 Å². The highest BCUT2D eigenvalue weighted by atomic mass is 16.6. The summed E-state index contributed by atoms with van der Waals surface area (Å²) in [6.45, 7) is 9.04. The van der Waals surface area contributed by atoms with Crippen molar-refractivity contribution in [1.82, 2.24) is 9.80 Å². The molecule has 1 atom stereocenters. The molecule has 1 aromatic rings. The standard InChI is InChI=1S/C15H24N4O2/c1-12-5-4-6-14(19(20)21)15(12)16-11-13(2)18-9-7-17(3)8-10-18/h4-6,13,16H,7-11H2,1-3H3. The molecule has 0 bridgehead atoms. The van der Waals surface area contributed by atoms with E-state index < -0.39 is 0 Å². The fourth-order valence-electron chi connectivity index (χ4n) is 2.68. The largest absolute Gasteiger partial charge is 0.378 e. The highest BCUT2D eigenvalue weighted by molar-refractivity contribution is 5.66. The Hall–Kier alpha value is -1.66. The minimum atomic E-state index is -0.324. The van der Waals surface area contributed by atoms with Crippen molar-refractivity contribution in [3.05, 3.63) is 33.9 Å². The van der Waals surface area contributed by atoms with Gasteiger partial charge in [0.25, 0.3) is 5.69 Å². The van der Waals surface area contributed by atoms with Gasteiger partial charge in [0.05, 0.1) is 4.92 Å². The van der Waals surface area contributed by atoms with E-state index in [9.17, 15) is 10.1 Å². The van der Waals surface area contributed by atoms with Crippen molar-refractivity contribution in [3.8, 4) is 0 Å². The minimum Gasteiger partial charge on any atom is -0.378 e. The van der Waals surface area contributed by atoms with Crippen LogP contribution in [0, 0.1) is 17.0 Å². The summed E-state index contributed by atoms with van der Waals surface area (Å²) in [6.07, 6.45) is 0. The van der Waals surface area contributed by atoms with E-state index in [1.807, 2.05) is 13.0 Å². The molecule has 1 fully saturated rings. The predicted molar refractivity (Wildman–Crippen MR) is 84.9 cm³/mol. The van der Waals surface area contributed by atoms with E-state index >= 15 is 0 Å². The van der Waals surface area contributed by atoms with Crippen molar-refractivity contribution in [2.24, 2.45) is 0 Å². The van der Waals surface area contributed by atoms with Gasteiger partial charge in [-0.1, -0.05) is 12.1 Å². The smallest absolute Gasteiger partial charge is 0.292 e. The second kappa shape index (κ2) is 6.87. The zero-order valence-corrected chi connectivity index (χ0v) is 13.0. The summed E-state index contributed by atoms with van der Waals surface area (Å²) >= 11 is 0. The van der Waals surface area contributed by atoms with Crippen molar-refractivity contribution in [2.75, 3.05) is 45.1 Å². The summed E-state index contributed by atoms with van der Waals surface area (Å²) in [7, 11) is 2.14. The molecular weight excluding hydrogens is 268 g/mol. The van der Waals surface area contributed by atoms with Gasteiger partial charge in [0, 0.05) is 44.8 Å². The molecule has 6 nitrogen and oxygen atoms in total. The van der Waals surface area contributed by atoms with E-state index in [-0.39, 0.29) is 10.6 Å². The molecule has 6 heteroatoms. The Morgan fingerprint density at radius 2 is 2.00 bits per heavy atom. The quantitative estimate of drug-likeness (QED) is 0.664. The van der Waals surface area contributed by atoms with Gasteiger partial charge in [0.2, 0.25) is 0 Å². The van der Waals surface area contributed by atoms with Crippen LogP contribution in [0.2, 0.25) is 0 Å². The molecule has 0 radical (unpaired) electrons. The number of aryl methyl sites for hydroxylation is 1. The first-order valence-electron chi connectivity index (χ1n) is 7.39. The normalized spacial score (nSPS) is 18.4. The summed E-state index contributed by atoms with van der Waals surface area (Å²) in [5.41, 5.74) is 1.71. The molecule has 1 aliphatic rings. The molecule has 116 valence electrons. The number of piperazine rings is 1. The lowest BCUT2D eigenvalue weighted by Gasteiger charge is -2.36. The summed E-state index contributed by atoms with van der Waals surface area (Å²) in [6, 6.07) is 5.53. The Balaban J connectivity index is 1.98. The molecule has 0 saturated carbocycles. The van der Waals surface area contributed by atoms with E-state index in [2.05, 4.69) is 29.1 Å². The Labute approximate surface area is 125 Å². The van der Waals surface area contributed by atoms with Gasteiger partial charge in [0.1, 0.15) is 5.69 Å². The number of nitrogens with one attached hydrogen (secondary N) is 1. The Morgan fingerprint density at radius 1 is 1.33 bits per heavy atom. The lowest BCUT2D eigenvalue weighted by atomic mass is 10.1. The number of hydrogen-bond donors (Lipinski definition) is 1. The van der Waals surface area contributed by atoms with Crippen LogP contribution in [0.5, 0.6) is 0 Å². The van der Waals surface area contributed by atoms with Crippen molar-refractivity contribution in [2.45, 2.75) is 19.9 Å². The topological polar surface area (TPSA) is 61.7 Å². The molecule has 0 spiro atoms. The van der Waals surface area contributed by atoms with Gasteiger partial charge in [-0.2, -0.15) is 0 Å². The SMILES string of the molecule is Cc1cccc([N+](=O)[O-])c1NCC(C)N1CCN(C)CC1. The zero-order valence-electron chi connectivity index (χ0n) is 13.0. The minimum absolute atomic E-state index is 0.153. The summed E-state index contributed by atoms with van der Waals surface area (Å²) < 4.78 is 0. The average molecular weight is 292 g/mol. The van der Waals surface area contributed by atoms with E-state index in [0.29, 0.717) is 11.7 Å². The molecule has 1 heterocycles. The number of rotatable bonds is 5. The van der Waals surface area contributed by atoms with Gasteiger partial charge in [0.15, 0.2) is 0 Å². The maximum atomic E-state index is 11.1. The van der Waals surface area contributed by atoms with Crippen LogP contribution in [0.3, 0.4) is 0 Å². The van der Waals surface area contributed by atoms with Gasteiger partial charge >= 0.3 is 0 Å². The number of hydrogen-bond acceptors (Lipinski definition) is 5. The predicted octanol–water partition coefficient (Wildman–Crippen LogP) is 1.95. The van der Waals surface area contributed by atoms with Crippen molar-refractivity contribution in [3.63, 3.8) is 0 Å². The second-order valence-corrected chi connectivity index (χ2v) is 5.80. The number of nitro benzene ring substituents is 1. The molecule has 1 aromatic carbocycles. The van der Waals surface area contributed by atoms with Crippen molar-refractivity contribution in [1.29, 1.82) is 0 Å². The first-order valence-corrected chi connectivity index (χ1v) is 7.39. The third-order valence-corrected chi connectivity index (χ3v) is 4.18. The number of benzene rings is 1. The zero-order chi connectivity index (χ0) is 15.4. The highest BCUT2D eigenvalue weighted by Gasteiger charge is 2.21. The highest BCUT2D eigenvalue weighted by Crippen LogP contribution is 2.27. The van der Waals surface area contributed by atoms with Crippen LogP contribution in [-0.4, -0.2) is 60.5 Å². The number of nitrogens with zero attached hydrogens (tertiary/aromatic N) is 3. The van der Waals surface area contributed by atoms with E-state index in [4.69, 9.17) is 0 Å². The maximum absolute atomic E-state index is 11.1. The third kappa shape index (κ3) is 3.92. The summed E-state index contributed by atoms with van der Waals surface area (Å²) in [4.78, 5) is 15.5. The van der Waals surface area contributed by atoms with Gasteiger partial charge in [-0.25, -0.2) is 0 Å². The van der Waals surface area contributed by atoms with Crippen LogP contribution < -0.4 is 5.32 Å². The number of anilines is 1. The molecule has 2 rings (SSSR count). The Bertz CT molecular complexity index is 498. The molecular formula is C15H24N4O2. The first-order chi connectivity index (χ1) is 9.99. The maximum Gasteiger partial charge on any atom is 0.292 e. The van der Waals surface area contributed by atoms with Gasteiger partial charge < -0.3 is 10.2 Å². The summed E-state index contributed by atoms with van der Waals surface area (Å²) in [5.74, 6) is 0. The monoisotopic (exact) mass is 292 g/mol. The van der Waals surface area contributed by atoms with Crippen LogP contribution in [0.1, 0.15) is 12.5 Å². The molecule has 0 aliphatic carbocycles. The van der Waals surface area contributed by atoms with Crippen molar-refractivity contribution < 1.29 is 4.92 Å². The number of nitro groups is 1. The van der Waals surface area contributed by atoms with Crippen LogP contribution in [0.4, 0.5) is 11.4 Å². The Morgan fingerprint density at radius 3 is 2.62 bits per heavy atom. The van der Waals surface area contributed by atoms with Crippen molar-refractivity contribution >= 4 is 11.4 Å². The molecule has 1 unspecified atom stereocenters. The van der Waals surface area contributed by atoms with Gasteiger partial charge in [-0.3, -0.25) is 15.0 Å². The number of para-hydroxylation sites is 1. The Kier molecular flexibility index (Phi) is 5.14.